The smallest absolute Gasteiger partial charge is 0.550 e. The van der Waals surface area contributed by atoms with Gasteiger partial charge in [0.15, 0.2) is 0 Å². The number of rotatable bonds is 0. The average Bonchev–Trinajstić information content (AvgIpc) is 1.94. The molecule has 0 radical (unpaired) electrons. The Hall–Kier alpha value is -1.76. The van der Waals surface area contributed by atoms with Crippen LogP contribution in [0.4, 0.5) is 0 Å². The Morgan fingerprint density at radius 2 is 0.476 bits per heavy atom. The standard InChI is InChI=1S/C3H6O.4C2H4O2.Mo/c1-3(2)4;4*1-2(3)4;/h1-2H3;4*1H3,(H,3,4);/q;;;;;+4/p-4. The van der Waals surface area contributed by atoms with E-state index in [1.54, 1.807) is 0 Å². The van der Waals surface area contributed by atoms with E-state index < -0.39 is 23.9 Å². The molecule has 0 aliphatic carbocycles. The van der Waals surface area contributed by atoms with Crippen LogP contribution < -0.4 is 20.4 Å². The molecular weight excluding hydrogens is 372 g/mol. The molecule has 0 unspecified atom stereocenters. The van der Waals surface area contributed by atoms with Crippen molar-refractivity contribution >= 4 is 29.7 Å². The van der Waals surface area contributed by atoms with E-state index >= 15 is 0 Å². The summed E-state index contributed by atoms with van der Waals surface area (Å²) in [6.45, 7) is 6.94. The van der Waals surface area contributed by atoms with Gasteiger partial charge in [-0.3, -0.25) is 0 Å². The molecule has 0 heterocycles. The van der Waals surface area contributed by atoms with Crippen molar-refractivity contribution in [2.75, 3.05) is 0 Å². The van der Waals surface area contributed by atoms with Crippen molar-refractivity contribution in [2.24, 2.45) is 0 Å². The molecule has 0 aromatic rings. The molecule has 0 N–H and O–H groups in total. The van der Waals surface area contributed by atoms with E-state index in [9.17, 15) is 4.79 Å². The van der Waals surface area contributed by atoms with Crippen LogP contribution in [0.2, 0.25) is 0 Å². The fraction of sp³-hybridized carbons (Fsp3) is 0.545. The molecule has 0 aliphatic rings. The van der Waals surface area contributed by atoms with Crippen LogP contribution in [0.5, 0.6) is 0 Å². The third kappa shape index (κ3) is 1550. The van der Waals surface area contributed by atoms with E-state index in [2.05, 4.69) is 0 Å². The summed E-state index contributed by atoms with van der Waals surface area (Å²) < 4.78 is 0. The van der Waals surface area contributed by atoms with Gasteiger partial charge in [0.05, 0.1) is 0 Å². The van der Waals surface area contributed by atoms with Crippen LogP contribution in [0.3, 0.4) is 0 Å². The molecule has 0 fully saturated rings. The van der Waals surface area contributed by atoms with Crippen molar-refractivity contribution in [3.63, 3.8) is 0 Å². The van der Waals surface area contributed by atoms with Crippen molar-refractivity contribution in [1.82, 2.24) is 0 Å². The fourth-order valence-corrected chi connectivity index (χ4v) is 0. The van der Waals surface area contributed by atoms with Gasteiger partial charge in [0.25, 0.3) is 0 Å². The molecule has 122 valence electrons. The summed E-state index contributed by atoms with van der Waals surface area (Å²) in [5.41, 5.74) is 0. The number of carbonyl (C=O) groups excluding carboxylic acids is 5. The molecule has 0 saturated carbocycles. The number of hydrogen-bond acceptors (Lipinski definition) is 9. The van der Waals surface area contributed by atoms with Crippen LogP contribution in [0.25, 0.3) is 0 Å². The molecule has 0 spiro atoms. The third-order valence-electron chi connectivity index (χ3n) is 0. The Morgan fingerprint density at radius 1 is 0.476 bits per heavy atom. The summed E-state index contributed by atoms with van der Waals surface area (Å²) in [6, 6.07) is 0. The SMILES string of the molecule is CC(=O)[O-].CC(=O)[O-].CC(=O)[O-].CC(=O)[O-].CC(C)=O.[Mo+4]. The number of aliphatic carboxylic acids is 4. The second kappa shape index (κ2) is 30.9. The van der Waals surface area contributed by atoms with Crippen molar-refractivity contribution in [3.05, 3.63) is 0 Å². The molecule has 0 bridgehead atoms. The maximum Gasteiger partial charge on any atom is 4.00 e. The number of carbonyl (C=O) groups is 5. The van der Waals surface area contributed by atoms with Gasteiger partial charge in [-0.05, 0) is 41.5 Å². The fourth-order valence-electron chi connectivity index (χ4n) is 0. The van der Waals surface area contributed by atoms with E-state index in [0.717, 1.165) is 27.7 Å². The monoisotopic (exact) mass is 392 g/mol. The topological polar surface area (TPSA) is 178 Å². The van der Waals surface area contributed by atoms with Gasteiger partial charge in [-0.1, -0.05) is 0 Å². The summed E-state index contributed by atoms with van der Waals surface area (Å²) in [4.78, 5) is 45.0. The maximum absolute atomic E-state index is 9.44. The van der Waals surface area contributed by atoms with Crippen molar-refractivity contribution in [2.45, 2.75) is 41.5 Å². The molecule has 0 rings (SSSR count). The van der Waals surface area contributed by atoms with Crippen molar-refractivity contribution < 1.29 is 65.5 Å². The van der Waals surface area contributed by atoms with Gasteiger partial charge in [0.1, 0.15) is 5.78 Å². The first-order valence-corrected chi connectivity index (χ1v) is 4.84. The molecule has 0 aromatic carbocycles. The largest absolute Gasteiger partial charge is 4.00 e. The minimum atomic E-state index is -1.08. The van der Waals surface area contributed by atoms with Crippen molar-refractivity contribution in [3.8, 4) is 0 Å². The van der Waals surface area contributed by atoms with E-state index in [0.29, 0.717) is 0 Å². The summed E-state index contributed by atoms with van der Waals surface area (Å²) in [5, 5.41) is 35.6. The van der Waals surface area contributed by atoms with E-state index in [4.69, 9.17) is 39.6 Å². The number of ketones is 1. The first kappa shape index (κ1) is 36.5. The van der Waals surface area contributed by atoms with Crippen LogP contribution in [0, 0.1) is 0 Å². The third-order valence-corrected chi connectivity index (χ3v) is 0. The van der Waals surface area contributed by atoms with Crippen LogP contribution >= 0.6 is 0 Å². The predicted molar refractivity (Wildman–Crippen MR) is 59.1 cm³/mol. The summed E-state index contributed by atoms with van der Waals surface area (Å²) in [6.07, 6.45) is 0. The predicted octanol–water partition coefficient (Wildman–Crippen LogP) is -4.38. The molecule has 0 amide bonds. The van der Waals surface area contributed by atoms with Gasteiger partial charge >= 0.3 is 21.1 Å². The van der Waals surface area contributed by atoms with Gasteiger partial charge < -0.3 is 44.4 Å². The molecule has 0 atom stereocenters. The zero-order valence-electron chi connectivity index (χ0n) is 12.6. The van der Waals surface area contributed by atoms with Crippen LogP contribution in [-0.2, 0) is 45.0 Å². The summed E-state index contributed by atoms with van der Waals surface area (Å²) in [5.74, 6) is -4.17. The Labute approximate surface area is 137 Å². The van der Waals surface area contributed by atoms with Crippen molar-refractivity contribution in [1.29, 1.82) is 0 Å². The molecular formula is C11H18MoO9. The van der Waals surface area contributed by atoms with Gasteiger partial charge in [-0.2, -0.15) is 0 Å². The van der Waals surface area contributed by atoms with E-state index in [1.165, 1.54) is 13.8 Å². The quantitative estimate of drug-likeness (QED) is 0.369. The summed E-state index contributed by atoms with van der Waals surface area (Å²) >= 11 is 0. The summed E-state index contributed by atoms with van der Waals surface area (Å²) in [7, 11) is 0. The molecule has 0 aliphatic heterocycles. The Balaban J connectivity index is -0.0000000331. The second-order valence-electron chi connectivity index (χ2n) is 2.87. The Kier molecular flexibility index (Phi) is 53.8. The van der Waals surface area contributed by atoms with E-state index in [1.807, 2.05) is 0 Å². The maximum atomic E-state index is 9.44. The molecule has 0 aromatic heterocycles. The zero-order valence-corrected chi connectivity index (χ0v) is 14.6. The number of hydrogen-bond donors (Lipinski definition) is 0. The number of carboxylic acids is 4. The first-order chi connectivity index (χ1) is 8.66. The van der Waals surface area contributed by atoms with Gasteiger partial charge in [-0.15, -0.1) is 0 Å². The average molecular weight is 390 g/mol. The molecule has 21 heavy (non-hydrogen) atoms. The van der Waals surface area contributed by atoms with Gasteiger partial charge in [0, 0.05) is 23.9 Å². The van der Waals surface area contributed by atoms with Gasteiger partial charge in [-0.25, -0.2) is 0 Å². The van der Waals surface area contributed by atoms with Gasteiger partial charge in [0.2, 0.25) is 0 Å². The van der Waals surface area contributed by atoms with Crippen LogP contribution in [0.1, 0.15) is 41.5 Å². The minimum Gasteiger partial charge on any atom is -0.550 e. The zero-order chi connectivity index (χ0) is 17.9. The molecule has 9 nitrogen and oxygen atoms in total. The van der Waals surface area contributed by atoms with Crippen LogP contribution in [0.15, 0.2) is 0 Å². The van der Waals surface area contributed by atoms with Crippen LogP contribution in [-0.4, -0.2) is 29.7 Å². The minimum absolute atomic E-state index is 0. The first-order valence-electron chi connectivity index (χ1n) is 4.84. The Morgan fingerprint density at radius 3 is 0.476 bits per heavy atom. The molecule has 10 heteroatoms. The number of Topliss-reactive ketones (excluding diaryl/α,β-unsaturated/α-hetero) is 1. The van der Waals surface area contributed by atoms with E-state index in [-0.39, 0.29) is 26.8 Å². The second-order valence-corrected chi connectivity index (χ2v) is 2.87. The normalized spacial score (nSPS) is 6.00. The Bertz CT molecular complexity index is 210. The number of carboxylic acid groups (broad SMARTS) is 4. The molecule has 0 saturated heterocycles.